The average Bonchev–Trinajstić information content (AvgIpc) is 3.00. The lowest BCUT2D eigenvalue weighted by Gasteiger charge is -2.40. The summed E-state index contributed by atoms with van der Waals surface area (Å²) in [6.07, 6.45) is 2.47. The number of piperidine rings is 1. The highest BCUT2D eigenvalue weighted by molar-refractivity contribution is 5.98. The summed E-state index contributed by atoms with van der Waals surface area (Å²) >= 11 is 0. The van der Waals surface area contributed by atoms with Crippen molar-refractivity contribution in [2.75, 3.05) is 26.8 Å². The molecule has 1 atom stereocenters. The van der Waals surface area contributed by atoms with Crippen LogP contribution < -0.4 is 0 Å². The number of methoxy groups -OCH3 is 1. The molecule has 1 aliphatic rings. The molecule has 1 amide bonds. The van der Waals surface area contributed by atoms with Crippen molar-refractivity contribution in [1.82, 2.24) is 4.90 Å². The molecule has 1 saturated heterocycles. The SMILES string of the molecule is COCCC[C@]1(C(=O)O)CCCN(C(=O)c2ccc3oc(C)cc3c2)C1. The third-order valence-corrected chi connectivity index (χ3v) is 5.21. The van der Waals surface area contributed by atoms with Crippen LogP contribution in [0, 0.1) is 12.3 Å². The lowest BCUT2D eigenvalue weighted by molar-refractivity contribution is -0.152. The summed E-state index contributed by atoms with van der Waals surface area (Å²) in [6.45, 7) is 3.22. The van der Waals surface area contributed by atoms with Gasteiger partial charge in [0.05, 0.1) is 5.41 Å². The molecule has 0 bridgehead atoms. The number of amides is 1. The second-order valence-electron chi connectivity index (χ2n) is 7.12. The first-order valence-electron chi connectivity index (χ1n) is 8.97. The average molecular weight is 359 g/mol. The zero-order chi connectivity index (χ0) is 18.7. The second-order valence-corrected chi connectivity index (χ2v) is 7.12. The Hall–Kier alpha value is -2.34. The van der Waals surface area contributed by atoms with Gasteiger partial charge in [0.25, 0.3) is 5.91 Å². The Balaban J connectivity index is 1.80. The van der Waals surface area contributed by atoms with Crippen LogP contribution in [0.3, 0.4) is 0 Å². The van der Waals surface area contributed by atoms with Crippen LogP contribution in [0.25, 0.3) is 11.0 Å². The summed E-state index contributed by atoms with van der Waals surface area (Å²) in [6, 6.07) is 7.25. The van der Waals surface area contributed by atoms with Crippen LogP contribution in [0.1, 0.15) is 41.8 Å². The zero-order valence-corrected chi connectivity index (χ0v) is 15.3. The minimum Gasteiger partial charge on any atom is -0.481 e. The number of ether oxygens (including phenoxy) is 1. The number of carboxylic acids is 1. The number of fused-ring (bicyclic) bond motifs is 1. The quantitative estimate of drug-likeness (QED) is 0.799. The van der Waals surface area contributed by atoms with Crippen LogP contribution in [-0.4, -0.2) is 48.7 Å². The maximum atomic E-state index is 13.0. The van der Waals surface area contributed by atoms with E-state index in [1.54, 1.807) is 24.1 Å². The zero-order valence-electron chi connectivity index (χ0n) is 15.3. The molecule has 2 aromatic rings. The molecule has 1 N–H and O–H groups in total. The van der Waals surface area contributed by atoms with Gasteiger partial charge >= 0.3 is 5.97 Å². The van der Waals surface area contributed by atoms with Crippen LogP contribution in [0.4, 0.5) is 0 Å². The van der Waals surface area contributed by atoms with Gasteiger partial charge < -0.3 is 19.2 Å². The van der Waals surface area contributed by atoms with Gasteiger partial charge in [0.1, 0.15) is 11.3 Å². The largest absolute Gasteiger partial charge is 0.481 e. The molecule has 0 radical (unpaired) electrons. The maximum Gasteiger partial charge on any atom is 0.311 e. The van der Waals surface area contributed by atoms with Crippen molar-refractivity contribution in [3.05, 3.63) is 35.6 Å². The minimum atomic E-state index is -0.886. The lowest BCUT2D eigenvalue weighted by atomic mass is 9.76. The Morgan fingerprint density at radius 3 is 2.88 bits per heavy atom. The van der Waals surface area contributed by atoms with E-state index in [4.69, 9.17) is 9.15 Å². The van der Waals surface area contributed by atoms with Gasteiger partial charge in [-0.15, -0.1) is 0 Å². The van der Waals surface area contributed by atoms with Gasteiger partial charge in [-0.3, -0.25) is 9.59 Å². The molecule has 0 saturated carbocycles. The summed E-state index contributed by atoms with van der Waals surface area (Å²) in [4.78, 5) is 26.6. The smallest absolute Gasteiger partial charge is 0.311 e. The van der Waals surface area contributed by atoms with E-state index >= 15 is 0 Å². The highest BCUT2D eigenvalue weighted by atomic mass is 16.5. The summed E-state index contributed by atoms with van der Waals surface area (Å²) in [5.41, 5.74) is 0.427. The molecular weight excluding hydrogens is 334 g/mol. The Morgan fingerprint density at radius 2 is 2.15 bits per heavy atom. The molecular formula is C20H25NO5. The number of furan rings is 1. The maximum absolute atomic E-state index is 13.0. The van der Waals surface area contributed by atoms with E-state index in [9.17, 15) is 14.7 Å². The van der Waals surface area contributed by atoms with Crippen molar-refractivity contribution in [2.24, 2.45) is 5.41 Å². The number of likely N-dealkylation sites (tertiary alicyclic amines) is 1. The number of aliphatic carboxylic acids is 1. The number of hydrogen-bond donors (Lipinski definition) is 1. The number of carbonyl (C=O) groups is 2. The van der Waals surface area contributed by atoms with Crippen LogP contribution in [0.15, 0.2) is 28.7 Å². The third-order valence-electron chi connectivity index (χ3n) is 5.21. The van der Waals surface area contributed by atoms with E-state index in [0.29, 0.717) is 44.4 Å². The fourth-order valence-corrected chi connectivity index (χ4v) is 3.84. The van der Waals surface area contributed by atoms with E-state index in [-0.39, 0.29) is 12.5 Å². The normalized spacial score (nSPS) is 20.5. The summed E-state index contributed by atoms with van der Waals surface area (Å²) in [7, 11) is 1.61. The van der Waals surface area contributed by atoms with Gasteiger partial charge in [-0.25, -0.2) is 0 Å². The predicted octanol–water partition coefficient (Wildman–Crippen LogP) is 3.47. The fourth-order valence-electron chi connectivity index (χ4n) is 3.84. The van der Waals surface area contributed by atoms with Crippen molar-refractivity contribution >= 4 is 22.8 Å². The molecule has 1 aromatic carbocycles. The molecule has 0 unspecified atom stereocenters. The van der Waals surface area contributed by atoms with Crippen LogP contribution in [0.5, 0.6) is 0 Å². The molecule has 0 aliphatic carbocycles. The Kier molecular flexibility index (Phi) is 5.32. The highest BCUT2D eigenvalue weighted by Crippen LogP contribution is 2.36. The van der Waals surface area contributed by atoms with Crippen molar-refractivity contribution in [2.45, 2.75) is 32.6 Å². The molecule has 0 spiro atoms. The van der Waals surface area contributed by atoms with Crippen molar-refractivity contribution in [1.29, 1.82) is 0 Å². The van der Waals surface area contributed by atoms with Gasteiger partial charge in [0.2, 0.25) is 0 Å². The molecule has 1 aliphatic heterocycles. The topological polar surface area (TPSA) is 80.0 Å². The predicted molar refractivity (Wildman–Crippen MR) is 97.3 cm³/mol. The summed E-state index contributed by atoms with van der Waals surface area (Å²) in [5, 5.41) is 10.7. The first-order valence-corrected chi connectivity index (χ1v) is 8.97. The van der Waals surface area contributed by atoms with Gasteiger partial charge in [-0.2, -0.15) is 0 Å². The number of carbonyl (C=O) groups excluding carboxylic acids is 1. The lowest BCUT2D eigenvalue weighted by Crippen LogP contribution is -2.50. The third kappa shape index (κ3) is 3.60. The van der Waals surface area contributed by atoms with Crippen LogP contribution >= 0.6 is 0 Å². The van der Waals surface area contributed by atoms with Crippen molar-refractivity contribution < 1.29 is 23.8 Å². The van der Waals surface area contributed by atoms with E-state index in [1.807, 2.05) is 19.1 Å². The van der Waals surface area contributed by atoms with E-state index in [1.165, 1.54) is 0 Å². The number of benzene rings is 1. The molecule has 140 valence electrons. The Bertz CT molecular complexity index is 812. The van der Waals surface area contributed by atoms with Gasteiger partial charge in [0.15, 0.2) is 0 Å². The minimum absolute atomic E-state index is 0.122. The van der Waals surface area contributed by atoms with E-state index in [2.05, 4.69) is 0 Å². The van der Waals surface area contributed by atoms with Gasteiger partial charge in [0, 0.05) is 37.8 Å². The van der Waals surface area contributed by atoms with Crippen molar-refractivity contribution in [3.63, 3.8) is 0 Å². The summed E-state index contributed by atoms with van der Waals surface area (Å²) in [5.74, 6) is -0.152. The summed E-state index contributed by atoms with van der Waals surface area (Å²) < 4.78 is 10.6. The molecule has 1 fully saturated rings. The molecule has 3 rings (SSSR count). The fraction of sp³-hybridized carbons (Fsp3) is 0.500. The second kappa shape index (κ2) is 7.50. The molecule has 26 heavy (non-hydrogen) atoms. The van der Waals surface area contributed by atoms with Crippen LogP contribution in [0.2, 0.25) is 0 Å². The Labute approximate surface area is 152 Å². The van der Waals surface area contributed by atoms with Crippen LogP contribution in [-0.2, 0) is 9.53 Å². The molecule has 6 nitrogen and oxygen atoms in total. The number of aryl methyl sites for hydroxylation is 1. The van der Waals surface area contributed by atoms with Crippen molar-refractivity contribution in [3.8, 4) is 0 Å². The standard InChI is InChI=1S/C20H25NO5/c1-14-11-16-12-15(5-6-17(16)26-14)18(22)21-9-3-7-20(13-21,19(23)24)8-4-10-25-2/h5-6,11-12H,3-4,7-10,13H2,1-2H3,(H,23,24)/t20-/m1/s1. The van der Waals surface area contributed by atoms with E-state index < -0.39 is 11.4 Å². The van der Waals surface area contributed by atoms with Gasteiger partial charge in [-0.1, -0.05) is 0 Å². The highest BCUT2D eigenvalue weighted by Gasteiger charge is 2.43. The number of hydrogen-bond acceptors (Lipinski definition) is 4. The Morgan fingerprint density at radius 1 is 1.35 bits per heavy atom. The number of rotatable bonds is 6. The molecule has 1 aromatic heterocycles. The van der Waals surface area contributed by atoms with E-state index in [0.717, 1.165) is 16.7 Å². The molecule has 2 heterocycles. The first-order chi connectivity index (χ1) is 12.4. The number of nitrogens with zero attached hydrogens (tertiary/aromatic N) is 1. The first kappa shape index (κ1) is 18.5. The molecule has 6 heteroatoms. The number of carboxylic acid groups (broad SMARTS) is 1. The monoisotopic (exact) mass is 359 g/mol. The van der Waals surface area contributed by atoms with Gasteiger partial charge in [-0.05, 0) is 56.9 Å².